The van der Waals surface area contributed by atoms with E-state index in [4.69, 9.17) is 5.11 Å². The van der Waals surface area contributed by atoms with Crippen molar-refractivity contribution in [2.75, 3.05) is 13.1 Å². The first kappa shape index (κ1) is 12.0. The van der Waals surface area contributed by atoms with Gasteiger partial charge in [-0.3, -0.25) is 4.79 Å². The molecule has 1 heterocycles. The minimum atomic E-state index is -1.85. The van der Waals surface area contributed by atoms with E-state index in [1.165, 1.54) is 11.8 Å². The maximum atomic E-state index is 11.5. The van der Waals surface area contributed by atoms with Crippen LogP contribution in [-0.2, 0) is 9.59 Å². The van der Waals surface area contributed by atoms with Gasteiger partial charge in [0, 0.05) is 13.0 Å². The number of rotatable bonds is 4. The van der Waals surface area contributed by atoms with Crippen LogP contribution in [0.1, 0.15) is 26.7 Å². The predicted octanol–water partition coefficient (Wildman–Crippen LogP) is 0.0805. The first-order chi connectivity index (χ1) is 6.86. The molecule has 0 aromatic carbocycles. The lowest BCUT2D eigenvalue weighted by atomic mass is 10.1. The molecule has 1 rings (SSSR count). The molecule has 5 nitrogen and oxygen atoms in total. The van der Waals surface area contributed by atoms with E-state index < -0.39 is 11.6 Å². The molecule has 2 atom stereocenters. The zero-order chi connectivity index (χ0) is 11.6. The fourth-order valence-electron chi connectivity index (χ4n) is 1.72. The number of amides is 1. The van der Waals surface area contributed by atoms with Gasteiger partial charge in [0.25, 0.3) is 0 Å². The number of carboxylic acids is 1. The summed E-state index contributed by atoms with van der Waals surface area (Å²) >= 11 is 0. The van der Waals surface area contributed by atoms with E-state index in [2.05, 4.69) is 0 Å². The second-order valence-corrected chi connectivity index (χ2v) is 4.33. The summed E-state index contributed by atoms with van der Waals surface area (Å²) in [7, 11) is 0. The van der Waals surface area contributed by atoms with Crippen LogP contribution in [-0.4, -0.2) is 45.7 Å². The number of β-amino-alcohol motifs (C(OH)–C–C–N with tert-alkyl or cyclic N) is 1. The molecule has 0 saturated carbocycles. The number of nitrogens with zero attached hydrogens (tertiary/aromatic N) is 1. The van der Waals surface area contributed by atoms with Gasteiger partial charge < -0.3 is 15.1 Å². The molecular formula is C10H17NO4. The highest BCUT2D eigenvalue weighted by Crippen LogP contribution is 2.22. The van der Waals surface area contributed by atoms with Crippen molar-refractivity contribution in [3.8, 4) is 0 Å². The Morgan fingerprint density at radius 1 is 1.67 bits per heavy atom. The van der Waals surface area contributed by atoms with Crippen LogP contribution < -0.4 is 0 Å². The largest absolute Gasteiger partial charge is 0.479 e. The zero-order valence-corrected chi connectivity index (χ0v) is 9.06. The standard InChI is InChI=1S/C10H17NO4/c1-3-7-4-8(12)11(5-7)6-10(2,15)9(13)14/h7,15H,3-6H2,1-2H3,(H,13,14). The minimum absolute atomic E-state index is 0.0663. The number of carbonyl (C=O) groups excluding carboxylic acids is 1. The van der Waals surface area contributed by atoms with Crippen LogP contribution in [0.2, 0.25) is 0 Å². The molecule has 0 aromatic heterocycles. The number of carbonyl (C=O) groups is 2. The molecule has 1 amide bonds. The Morgan fingerprint density at radius 2 is 2.27 bits per heavy atom. The highest BCUT2D eigenvalue weighted by atomic mass is 16.4. The molecule has 1 aliphatic heterocycles. The smallest absolute Gasteiger partial charge is 0.337 e. The zero-order valence-electron chi connectivity index (χ0n) is 9.06. The van der Waals surface area contributed by atoms with E-state index >= 15 is 0 Å². The Balaban J connectivity index is 2.60. The molecule has 15 heavy (non-hydrogen) atoms. The highest BCUT2D eigenvalue weighted by molar-refractivity contribution is 5.81. The number of aliphatic carboxylic acids is 1. The lowest BCUT2D eigenvalue weighted by Crippen LogP contribution is -2.47. The van der Waals surface area contributed by atoms with Crippen molar-refractivity contribution in [2.45, 2.75) is 32.3 Å². The predicted molar refractivity (Wildman–Crippen MR) is 53.2 cm³/mol. The molecule has 1 fully saturated rings. The van der Waals surface area contributed by atoms with Gasteiger partial charge in [-0.1, -0.05) is 13.3 Å². The summed E-state index contributed by atoms with van der Waals surface area (Å²) in [5.41, 5.74) is -1.85. The quantitative estimate of drug-likeness (QED) is 0.696. The van der Waals surface area contributed by atoms with E-state index in [9.17, 15) is 14.7 Å². The van der Waals surface area contributed by atoms with Gasteiger partial charge in [-0.25, -0.2) is 4.79 Å². The van der Waals surface area contributed by atoms with Crippen LogP contribution in [0, 0.1) is 5.92 Å². The van der Waals surface area contributed by atoms with Crippen molar-refractivity contribution in [2.24, 2.45) is 5.92 Å². The summed E-state index contributed by atoms with van der Waals surface area (Å²) in [6.07, 6.45) is 1.36. The fraction of sp³-hybridized carbons (Fsp3) is 0.800. The van der Waals surface area contributed by atoms with Crippen LogP contribution in [0.25, 0.3) is 0 Å². The summed E-state index contributed by atoms with van der Waals surface area (Å²) in [6, 6.07) is 0. The molecule has 2 unspecified atom stereocenters. The van der Waals surface area contributed by atoms with Crippen LogP contribution in [0.4, 0.5) is 0 Å². The van der Waals surface area contributed by atoms with Crippen molar-refractivity contribution in [1.82, 2.24) is 4.90 Å². The van der Waals surface area contributed by atoms with Gasteiger partial charge in [0.05, 0.1) is 6.54 Å². The monoisotopic (exact) mass is 215 g/mol. The third-order valence-electron chi connectivity index (χ3n) is 2.83. The summed E-state index contributed by atoms with van der Waals surface area (Å²) < 4.78 is 0. The van der Waals surface area contributed by atoms with Crippen molar-refractivity contribution in [1.29, 1.82) is 0 Å². The molecule has 0 aromatic rings. The average molecular weight is 215 g/mol. The van der Waals surface area contributed by atoms with Gasteiger partial charge in [0.15, 0.2) is 5.60 Å². The molecule has 0 radical (unpaired) electrons. The fourth-order valence-corrected chi connectivity index (χ4v) is 1.72. The third-order valence-corrected chi connectivity index (χ3v) is 2.83. The highest BCUT2D eigenvalue weighted by Gasteiger charge is 2.37. The van der Waals surface area contributed by atoms with Crippen molar-refractivity contribution in [3.63, 3.8) is 0 Å². The van der Waals surface area contributed by atoms with E-state index in [0.717, 1.165) is 6.42 Å². The van der Waals surface area contributed by atoms with Gasteiger partial charge in [-0.2, -0.15) is 0 Å². The summed E-state index contributed by atoms with van der Waals surface area (Å²) in [6.45, 7) is 3.63. The lowest BCUT2D eigenvalue weighted by Gasteiger charge is -2.25. The maximum absolute atomic E-state index is 11.5. The molecule has 1 aliphatic rings. The third kappa shape index (κ3) is 2.68. The van der Waals surface area contributed by atoms with E-state index in [1.54, 1.807) is 0 Å². The molecule has 1 saturated heterocycles. The van der Waals surface area contributed by atoms with Gasteiger partial charge >= 0.3 is 5.97 Å². The SMILES string of the molecule is CCC1CC(=O)N(CC(C)(O)C(=O)O)C1. The molecule has 5 heteroatoms. The summed E-state index contributed by atoms with van der Waals surface area (Å²) in [5, 5.41) is 18.3. The first-order valence-electron chi connectivity index (χ1n) is 5.10. The molecule has 0 aliphatic carbocycles. The number of likely N-dealkylation sites (tertiary alicyclic amines) is 1. The second kappa shape index (κ2) is 4.18. The minimum Gasteiger partial charge on any atom is -0.479 e. The topological polar surface area (TPSA) is 77.8 Å². The van der Waals surface area contributed by atoms with Gasteiger partial charge in [-0.15, -0.1) is 0 Å². The Hall–Kier alpha value is -1.10. The Labute approximate surface area is 88.7 Å². The van der Waals surface area contributed by atoms with Crippen LogP contribution in [0.5, 0.6) is 0 Å². The van der Waals surface area contributed by atoms with Crippen LogP contribution in [0.15, 0.2) is 0 Å². The van der Waals surface area contributed by atoms with Crippen molar-refractivity contribution >= 4 is 11.9 Å². The van der Waals surface area contributed by atoms with Crippen LogP contribution in [0.3, 0.4) is 0 Å². The van der Waals surface area contributed by atoms with E-state index in [-0.39, 0.29) is 12.5 Å². The normalized spacial score (nSPS) is 25.4. The number of hydrogen-bond donors (Lipinski definition) is 2. The van der Waals surface area contributed by atoms with Gasteiger partial charge in [0.2, 0.25) is 5.91 Å². The van der Waals surface area contributed by atoms with E-state index in [1.807, 2.05) is 6.92 Å². The molecule has 2 N–H and O–H groups in total. The Bertz CT molecular complexity index is 275. The van der Waals surface area contributed by atoms with Crippen LogP contribution >= 0.6 is 0 Å². The summed E-state index contributed by atoms with van der Waals surface area (Å²) in [4.78, 5) is 23.6. The maximum Gasteiger partial charge on any atom is 0.337 e. The van der Waals surface area contributed by atoms with Gasteiger partial charge in [0.1, 0.15) is 0 Å². The van der Waals surface area contributed by atoms with Crippen molar-refractivity contribution < 1.29 is 19.8 Å². The molecular weight excluding hydrogens is 198 g/mol. The molecule has 0 bridgehead atoms. The first-order valence-corrected chi connectivity index (χ1v) is 5.10. The summed E-state index contributed by atoms with van der Waals surface area (Å²) in [5.74, 6) is -1.07. The number of hydrogen-bond acceptors (Lipinski definition) is 3. The van der Waals surface area contributed by atoms with Crippen molar-refractivity contribution in [3.05, 3.63) is 0 Å². The lowest BCUT2D eigenvalue weighted by molar-refractivity contribution is -0.159. The van der Waals surface area contributed by atoms with E-state index in [0.29, 0.717) is 18.9 Å². The van der Waals surface area contributed by atoms with Gasteiger partial charge in [-0.05, 0) is 12.8 Å². The average Bonchev–Trinajstić information content (AvgIpc) is 2.46. The number of carboxylic acid groups (broad SMARTS) is 1. The number of aliphatic hydroxyl groups is 1. The molecule has 86 valence electrons. The molecule has 0 spiro atoms. The second-order valence-electron chi connectivity index (χ2n) is 4.33. The Morgan fingerprint density at radius 3 is 2.67 bits per heavy atom. The Kier molecular flexibility index (Phi) is 3.34.